The van der Waals surface area contributed by atoms with Gasteiger partial charge in [0.1, 0.15) is 5.75 Å². The Morgan fingerprint density at radius 2 is 2.15 bits per heavy atom. The minimum atomic E-state index is 0.611. The van der Waals surface area contributed by atoms with Crippen LogP contribution in [0.15, 0.2) is 21.5 Å². The van der Waals surface area contributed by atoms with Crippen molar-refractivity contribution < 1.29 is 9.53 Å². The zero-order valence-corrected chi connectivity index (χ0v) is 14.9. The lowest BCUT2D eigenvalue weighted by Gasteiger charge is -2.15. The Morgan fingerprint density at radius 1 is 1.40 bits per heavy atom. The molecule has 0 aliphatic heterocycles. The third-order valence-electron chi connectivity index (χ3n) is 3.43. The van der Waals surface area contributed by atoms with Crippen molar-refractivity contribution in [3.63, 3.8) is 0 Å². The van der Waals surface area contributed by atoms with Gasteiger partial charge in [-0.2, -0.15) is 0 Å². The van der Waals surface area contributed by atoms with Crippen LogP contribution in [-0.2, 0) is 0 Å². The van der Waals surface area contributed by atoms with Gasteiger partial charge in [0.2, 0.25) is 0 Å². The van der Waals surface area contributed by atoms with E-state index in [-0.39, 0.29) is 0 Å². The molecule has 20 heavy (non-hydrogen) atoms. The zero-order valence-electron chi connectivity index (χ0n) is 12.4. The van der Waals surface area contributed by atoms with Gasteiger partial charge < -0.3 is 4.74 Å². The summed E-state index contributed by atoms with van der Waals surface area (Å²) < 4.78 is 6.20. The zero-order chi connectivity index (χ0) is 15.0. The quantitative estimate of drug-likeness (QED) is 0.425. The molecule has 0 aromatic heterocycles. The van der Waals surface area contributed by atoms with E-state index in [0.29, 0.717) is 11.3 Å². The maximum absolute atomic E-state index is 11.1. The number of carbonyl (C=O) groups excluding carboxylic acids is 1. The number of ether oxygens (including phenoxy) is 1. The molecule has 0 bridgehead atoms. The first-order chi connectivity index (χ1) is 9.65. The molecule has 1 atom stereocenters. The molecule has 0 aliphatic carbocycles. The lowest BCUT2D eigenvalue weighted by molar-refractivity contribution is 0.112. The van der Waals surface area contributed by atoms with E-state index in [1.54, 1.807) is 7.11 Å². The molecule has 112 valence electrons. The van der Waals surface area contributed by atoms with Gasteiger partial charge in [0, 0.05) is 15.1 Å². The summed E-state index contributed by atoms with van der Waals surface area (Å²) in [5, 5.41) is 0. The van der Waals surface area contributed by atoms with Crippen LogP contribution in [0.3, 0.4) is 0 Å². The van der Waals surface area contributed by atoms with E-state index in [1.165, 1.54) is 25.7 Å². The van der Waals surface area contributed by atoms with Gasteiger partial charge in [-0.3, -0.25) is 4.79 Å². The van der Waals surface area contributed by atoms with E-state index >= 15 is 0 Å². The molecule has 0 fully saturated rings. The van der Waals surface area contributed by atoms with Crippen LogP contribution in [0, 0.1) is 5.92 Å². The first-order valence-corrected chi connectivity index (χ1v) is 8.89. The van der Waals surface area contributed by atoms with E-state index in [1.807, 2.05) is 23.9 Å². The van der Waals surface area contributed by atoms with Crippen molar-refractivity contribution in [2.45, 2.75) is 44.4 Å². The summed E-state index contributed by atoms with van der Waals surface area (Å²) in [5.41, 5.74) is 0.611. The average molecular weight is 359 g/mol. The summed E-state index contributed by atoms with van der Waals surface area (Å²) in [6, 6.07) is 3.78. The Bertz CT molecular complexity index is 435. The normalized spacial score (nSPS) is 12.2. The lowest BCUT2D eigenvalue weighted by Crippen LogP contribution is -2.02. The highest BCUT2D eigenvalue weighted by Crippen LogP contribution is 2.35. The van der Waals surface area contributed by atoms with E-state index in [4.69, 9.17) is 4.74 Å². The number of unbranched alkanes of at least 4 members (excludes halogenated alkanes) is 1. The molecule has 1 rings (SSSR count). The summed E-state index contributed by atoms with van der Waals surface area (Å²) in [7, 11) is 1.58. The van der Waals surface area contributed by atoms with Gasteiger partial charge in [0.25, 0.3) is 0 Å². The SMILES string of the molecule is CCCCC(CC)CSc1cc(C=O)c(OC)cc1Br. The van der Waals surface area contributed by atoms with Gasteiger partial charge in [-0.15, -0.1) is 11.8 Å². The Balaban J connectivity index is 2.74. The Kier molecular flexibility index (Phi) is 8.31. The molecule has 0 amide bonds. The highest BCUT2D eigenvalue weighted by molar-refractivity contribution is 9.10. The van der Waals surface area contributed by atoms with Crippen LogP contribution in [0.4, 0.5) is 0 Å². The molecule has 0 N–H and O–H groups in total. The van der Waals surface area contributed by atoms with E-state index < -0.39 is 0 Å². The minimum Gasteiger partial charge on any atom is -0.496 e. The Hall–Kier alpha value is -0.480. The molecule has 1 aromatic carbocycles. The van der Waals surface area contributed by atoms with Gasteiger partial charge in [-0.05, 0) is 40.4 Å². The van der Waals surface area contributed by atoms with Gasteiger partial charge in [-0.1, -0.05) is 33.1 Å². The largest absolute Gasteiger partial charge is 0.496 e. The number of methoxy groups -OCH3 is 1. The molecule has 0 aliphatic rings. The van der Waals surface area contributed by atoms with E-state index in [9.17, 15) is 4.79 Å². The predicted octanol–water partition coefficient (Wildman–Crippen LogP) is 5.58. The summed E-state index contributed by atoms with van der Waals surface area (Å²) in [4.78, 5) is 12.2. The second-order valence-electron chi connectivity index (χ2n) is 4.87. The fraction of sp³-hybridized carbons (Fsp3) is 0.562. The number of aldehydes is 1. The van der Waals surface area contributed by atoms with Crippen molar-refractivity contribution in [2.75, 3.05) is 12.9 Å². The van der Waals surface area contributed by atoms with Crippen molar-refractivity contribution in [1.29, 1.82) is 0 Å². The first-order valence-electron chi connectivity index (χ1n) is 7.11. The molecular formula is C16H23BrO2S. The number of hydrogen-bond donors (Lipinski definition) is 0. The molecule has 2 nitrogen and oxygen atoms in total. The molecule has 1 unspecified atom stereocenters. The minimum absolute atomic E-state index is 0.611. The molecule has 0 spiro atoms. The molecule has 0 saturated carbocycles. The highest BCUT2D eigenvalue weighted by Gasteiger charge is 2.12. The van der Waals surface area contributed by atoms with Crippen LogP contribution in [0.1, 0.15) is 49.9 Å². The van der Waals surface area contributed by atoms with E-state index in [2.05, 4.69) is 29.8 Å². The molecule has 4 heteroatoms. The van der Waals surface area contributed by atoms with Crippen molar-refractivity contribution in [2.24, 2.45) is 5.92 Å². The van der Waals surface area contributed by atoms with Gasteiger partial charge in [0.05, 0.1) is 12.7 Å². The van der Waals surface area contributed by atoms with Crippen LogP contribution in [0.2, 0.25) is 0 Å². The fourth-order valence-corrected chi connectivity index (χ4v) is 3.93. The molecular weight excluding hydrogens is 336 g/mol. The third kappa shape index (κ3) is 5.13. The van der Waals surface area contributed by atoms with Crippen LogP contribution in [0.25, 0.3) is 0 Å². The number of thioether (sulfide) groups is 1. The smallest absolute Gasteiger partial charge is 0.153 e. The second-order valence-corrected chi connectivity index (χ2v) is 6.79. The monoisotopic (exact) mass is 358 g/mol. The Labute approximate surface area is 134 Å². The Morgan fingerprint density at radius 3 is 2.70 bits per heavy atom. The molecule has 0 radical (unpaired) electrons. The third-order valence-corrected chi connectivity index (χ3v) is 5.63. The van der Waals surface area contributed by atoms with Gasteiger partial charge >= 0.3 is 0 Å². The topological polar surface area (TPSA) is 26.3 Å². The average Bonchev–Trinajstić information content (AvgIpc) is 2.48. The van der Waals surface area contributed by atoms with Gasteiger partial charge in [-0.25, -0.2) is 0 Å². The van der Waals surface area contributed by atoms with Gasteiger partial charge in [0.15, 0.2) is 6.29 Å². The molecule has 0 saturated heterocycles. The highest BCUT2D eigenvalue weighted by atomic mass is 79.9. The predicted molar refractivity (Wildman–Crippen MR) is 90.1 cm³/mol. The number of halogens is 1. The maximum Gasteiger partial charge on any atom is 0.153 e. The standard InChI is InChI=1S/C16H23BrO2S/c1-4-6-7-12(5-2)11-20-16-8-13(10-18)15(19-3)9-14(16)17/h8-10,12H,4-7,11H2,1-3H3. The first kappa shape index (κ1) is 17.6. The summed E-state index contributed by atoms with van der Waals surface area (Å²) in [6.07, 6.45) is 5.89. The van der Waals surface area contributed by atoms with Crippen molar-refractivity contribution >= 4 is 34.0 Å². The summed E-state index contributed by atoms with van der Waals surface area (Å²) in [6.45, 7) is 4.48. The van der Waals surface area contributed by atoms with Crippen molar-refractivity contribution in [1.82, 2.24) is 0 Å². The number of hydrogen-bond acceptors (Lipinski definition) is 3. The van der Waals surface area contributed by atoms with Crippen LogP contribution < -0.4 is 4.74 Å². The van der Waals surface area contributed by atoms with E-state index in [0.717, 1.165) is 27.3 Å². The fourth-order valence-electron chi connectivity index (χ4n) is 2.04. The van der Waals surface area contributed by atoms with Crippen LogP contribution >= 0.6 is 27.7 Å². The number of rotatable bonds is 9. The van der Waals surface area contributed by atoms with Crippen LogP contribution in [-0.4, -0.2) is 19.1 Å². The van der Waals surface area contributed by atoms with Crippen molar-refractivity contribution in [3.8, 4) is 5.75 Å². The number of carbonyl (C=O) groups is 1. The van der Waals surface area contributed by atoms with Crippen LogP contribution in [0.5, 0.6) is 5.75 Å². The summed E-state index contributed by atoms with van der Waals surface area (Å²) >= 11 is 5.38. The maximum atomic E-state index is 11.1. The summed E-state index contributed by atoms with van der Waals surface area (Å²) in [5.74, 6) is 2.46. The molecule has 1 aromatic rings. The number of benzene rings is 1. The van der Waals surface area contributed by atoms with Crippen molar-refractivity contribution in [3.05, 3.63) is 22.2 Å². The lowest BCUT2D eigenvalue weighted by atomic mass is 10.0. The second kappa shape index (κ2) is 9.46. The molecule has 0 heterocycles.